The maximum absolute atomic E-state index is 2.71. The van der Waals surface area contributed by atoms with E-state index in [9.17, 15) is 0 Å². The number of hydrogen-bond donors (Lipinski definition) is 0. The first kappa shape index (κ1) is 49.7. The molecule has 0 heterocycles. The molecule has 68 heavy (non-hydrogen) atoms. The van der Waals surface area contributed by atoms with E-state index in [4.69, 9.17) is 0 Å². The van der Waals surface area contributed by atoms with E-state index >= 15 is 0 Å². The topological polar surface area (TPSA) is 0 Å². The minimum absolute atomic E-state index is 0.0364. The van der Waals surface area contributed by atoms with Crippen LogP contribution in [0.5, 0.6) is 0 Å². The van der Waals surface area contributed by atoms with Crippen LogP contribution < -0.4 is 0 Å². The Morgan fingerprint density at radius 2 is 0.559 bits per heavy atom. The Balaban J connectivity index is 1.22. The van der Waals surface area contributed by atoms with Gasteiger partial charge >= 0.3 is 0 Å². The summed E-state index contributed by atoms with van der Waals surface area (Å²) < 4.78 is 0. The summed E-state index contributed by atoms with van der Waals surface area (Å²) in [7, 11) is 0. The highest BCUT2D eigenvalue weighted by atomic mass is 14.5. The quantitative estimate of drug-likeness (QED) is 0.0412. The molecular weight excluding hydrogens is 817 g/mol. The molecule has 0 radical (unpaired) electrons. The van der Waals surface area contributed by atoms with Crippen molar-refractivity contribution in [2.45, 2.75) is 205 Å². The van der Waals surface area contributed by atoms with Crippen LogP contribution in [0.3, 0.4) is 0 Å². The fourth-order valence-corrected chi connectivity index (χ4v) is 12.8. The van der Waals surface area contributed by atoms with Crippen molar-refractivity contribution in [3.8, 4) is 33.4 Å². The lowest BCUT2D eigenvalue weighted by Crippen LogP contribution is -2.26. The molecule has 2 aliphatic rings. The average Bonchev–Trinajstić information content (AvgIpc) is 3.79. The van der Waals surface area contributed by atoms with Gasteiger partial charge in [-0.25, -0.2) is 0 Å². The fraction of sp³-hybridized carbons (Fsp3) is 0.471. The third kappa shape index (κ3) is 11.5. The fourth-order valence-electron chi connectivity index (χ4n) is 12.8. The molecule has 0 N–H and O–H groups in total. The zero-order valence-corrected chi connectivity index (χ0v) is 43.1. The van der Waals surface area contributed by atoms with E-state index < -0.39 is 0 Å². The van der Waals surface area contributed by atoms with Gasteiger partial charge in [0.25, 0.3) is 0 Å². The lowest BCUT2D eigenvalue weighted by molar-refractivity contribution is 0.398. The van der Waals surface area contributed by atoms with Gasteiger partial charge in [-0.3, -0.25) is 0 Å². The SMILES string of the molecule is CCCCCCCC1(CCCCCCC)c2cc(Cc3ccccc3)ccc2-c2ccc(-c3ccc4c(c3)C(CCCCCCC)(CCCCCCC)c3cc(Cc5ccccc5)ccc3-4)cc21. The molecule has 6 aromatic carbocycles. The third-order valence-electron chi connectivity index (χ3n) is 16.5. The minimum Gasteiger partial charge on any atom is -0.0654 e. The highest BCUT2D eigenvalue weighted by Crippen LogP contribution is 2.58. The van der Waals surface area contributed by atoms with Crippen molar-refractivity contribution in [2.24, 2.45) is 0 Å². The molecular formula is C68H86. The Bertz CT molecular complexity index is 2260. The highest BCUT2D eigenvalue weighted by Gasteiger charge is 2.44. The average molecular weight is 903 g/mol. The molecule has 0 heteroatoms. The summed E-state index contributed by atoms with van der Waals surface area (Å²) in [6.45, 7) is 9.40. The van der Waals surface area contributed by atoms with Crippen LogP contribution in [0.25, 0.3) is 33.4 Å². The zero-order chi connectivity index (χ0) is 47.0. The third-order valence-corrected chi connectivity index (χ3v) is 16.5. The number of rotatable bonds is 29. The van der Waals surface area contributed by atoms with E-state index in [2.05, 4.69) is 161 Å². The lowest BCUT2D eigenvalue weighted by atomic mass is 9.69. The van der Waals surface area contributed by atoms with Crippen molar-refractivity contribution in [3.63, 3.8) is 0 Å². The van der Waals surface area contributed by atoms with Crippen LogP contribution in [0.2, 0.25) is 0 Å². The van der Waals surface area contributed by atoms with Crippen LogP contribution in [0.4, 0.5) is 0 Å². The Morgan fingerprint density at radius 3 is 0.882 bits per heavy atom. The Hall–Kier alpha value is -4.68. The number of fused-ring (bicyclic) bond motifs is 6. The predicted molar refractivity (Wildman–Crippen MR) is 296 cm³/mol. The van der Waals surface area contributed by atoms with Crippen molar-refractivity contribution >= 4 is 0 Å². The molecule has 0 saturated carbocycles. The second kappa shape index (κ2) is 24.7. The second-order valence-corrected chi connectivity index (χ2v) is 21.4. The largest absolute Gasteiger partial charge is 0.0654 e. The monoisotopic (exact) mass is 903 g/mol. The lowest BCUT2D eigenvalue weighted by Gasteiger charge is -2.34. The minimum atomic E-state index is 0.0364. The number of hydrogen-bond acceptors (Lipinski definition) is 0. The van der Waals surface area contributed by atoms with E-state index in [0.29, 0.717) is 0 Å². The van der Waals surface area contributed by atoms with E-state index in [1.54, 1.807) is 22.3 Å². The van der Waals surface area contributed by atoms with Gasteiger partial charge in [0.05, 0.1) is 0 Å². The van der Waals surface area contributed by atoms with Crippen LogP contribution in [0, 0.1) is 0 Å². The van der Waals surface area contributed by atoms with Crippen LogP contribution in [0.15, 0.2) is 133 Å². The Kier molecular flexibility index (Phi) is 18.1. The van der Waals surface area contributed by atoms with Gasteiger partial charge in [-0.05, 0) is 129 Å². The molecule has 0 saturated heterocycles. The molecule has 0 amide bonds. The van der Waals surface area contributed by atoms with Crippen molar-refractivity contribution in [2.75, 3.05) is 0 Å². The molecule has 6 aromatic rings. The molecule has 0 nitrogen and oxygen atoms in total. The first-order chi connectivity index (χ1) is 33.5. The maximum Gasteiger partial charge on any atom is 0.0215 e. The molecule has 0 atom stereocenters. The maximum atomic E-state index is 2.71. The van der Waals surface area contributed by atoms with Crippen LogP contribution >= 0.6 is 0 Å². The molecule has 0 spiro atoms. The van der Waals surface area contributed by atoms with Crippen LogP contribution in [-0.4, -0.2) is 0 Å². The number of unbranched alkanes of at least 4 members (excludes halogenated alkanes) is 16. The first-order valence-corrected chi connectivity index (χ1v) is 28.2. The van der Waals surface area contributed by atoms with E-state index in [-0.39, 0.29) is 10.8 Å². The van der Waals surface area contributed by atoms with Crippen molar-refractivity contribution in [1.82, 2.24) is 0 Å². The summed E-state index contributed by atoms with van der Waals surface area (Å²) in [5.41, 5.74) is 21.0. The second-order valence-electron chi connectivity index (χ2n) is 21.4. The Labute approximate surface area is 414 Å². The summed E-state index contributed by atoms with van der Waals surface area (Å²) in [5.74, 6) is 0. The summed E-state index contributed by atoms with van der Waals surface area (Å²) in [4.78, 5) is 0. The van der Waals surface area contributed by atoms with Gasteiger partial charge in [-0.2, -0.15) is 0 Å². The van der Waals surface area contributed by atoms with Crippen LogP contribution in [0.1, 0.15) is 226 Å². The molecule has 0 aliphatic heterocycles. The zero-order valence-electron chi connectivity index (χ0n) is 43.1. The molecule has 0 aromatic heterocycles. The molecule has 0 unspecified atom stereocenters. The van der Waals surface area contributed by atoms with Crippen molar-refractivity contribution in [1.29, 1.82) is 0 Å². The van der Waals surface area contributed by atoms with E-state index in [0.717, 1.165) is 12.8 Å². The molecule has 358 valence electrons. The van der Waals surface area contributed by atoms with Crippen molar-refractivity contribution in [3.05, 3.63) is 178 Å². The standard InChI is InChI=1S/C68H86/c1-5-9-13-17-27-43-67(44-28-18-14-10-6-2)63-49-55(47-53-31-23-21-24-32-53)35-39-59(63)61-41-37-57(51-65(61)67)58-38-42-62-60-40-36-56(48-54-33-25-22-26-34-54)50-64(60)68(66(62)52-58,45-29-19-15-11-7-3)46-30-20-16-12-8-4/h21-26,31-42,49-52H,5-20,27-30,43-48H2,1-4H3. The first-order valence-electron chi connectivity index (χ1n) is 28.2. The van der Waals surface area contributed by atoms with Crippen molar-refractivity contribution < 1.29 is 0 Å². The van der Waals surface area contributed by atoms with E-state index in [1.165, 1.54) is 210 Å². The molecule has 0 bridgehead atoms. The van der Waals surface area contributed by atoms with Gasteiger partial charge in [0.15, 0.2) is 0 Å². The molecule has 0 fully saturated rings. The number of benzene rings is 6. The van der Waals surface area contributed by atoms with Gasteiger partial charge in [-0.15, -0.1) is 0 Å². The van der Waals surface area contributed by atoms with Gasteiger partial charge in [0, 0.05) is 10.8 Å². The predicted octanol–water partition coefficient (Wildman–Crippen LogP) is 20.5. The van der Waals surface area contributed by atoms with Gasteiger partial charge in [-0.1, -0.05) is 277 Å². The smallest absolute Gasteiger partial charge is 0.0215 e. The molecule has 2 aliphatic carbocycles. The molecule has 8 rings (SSSR count). The normalized spacial score (nSPS) is 13.9. The summed E-state index contributed by atoms with van der Waals surface area (Å²) >= 11 is 0. The summed E-state index contributed by atoms with van der Waals surface area (Å²) in [6.07, 6.45) is 33.4. The van der Waals surface area contributed by atoms with Gasteiger partial charge in [0.2, 0.25) is 0 Å². The summed E-state index contributed by atoms with van der Waals surface area (Å²) in [6, 6.07) is 53.0. The Morgan fingerprint density at radius 1 is 0.265 bits per heavy atom. The van der Waals surface area contributed by atoms with Crippen LogP contribution in [-0.2, 0) is 23.7 Å². The van der Waals surface area contributed by atoms with Gasteiger partial charge < -0.3 is 0 Å². The van der Waals surface area contributed by atoms with E-state index in [1.807, 2.05) is 0 Å². The highest BCUT2D eigenvalue weighted by molar-refractivity contribution is 5.87. The summed E-state index contributed by atoms with van der Waals surface area (Å²) in [5, 5.41) is 0. The van der Waals surface area contributed by atoms with Gasteiger partial charge in [0.1, 0.15) is 0 Å².